The molecule has 0 atom stereocenters. The lowest BCUT2D eigenvalue weighted by atomic mass is 10.1. The highest BCUT2D eigenvalue weighted by Gasteiger charge is 2.12. The highest BCUT2D eigenvalue weighted by molar-refractivity contribution is 5.88. The van der Waals surface area contributed by atoms with Gasteiger partial charge >= 0.3 is 0 Å². The van der Waals surface area contributed by atoms with Gasteiger partial charge in [0.05, 0.1) is 7.11 Å². The van der Waals surface area contributed by atoms with Crippen LogP contribution < -0.4 is 4.74 Å². The fraction of sp³-hybridized carbons (Fsp3) is 0.222. The topological polar surface area (TPSA) is 42.6 Å². The van der Waals surface area contributed by atoms with Crippen molar-refractivity contribution in [1.82, 2.24) is 0 Å². The van der Waals surface area contributed by atoms with Crippen LogP contribution in [0.15, 0.2) is 46.9 Å². The summed E-state index contributed by atoms with van der Waals surface area (Å²) in [5.74, 6) is 0.953. The normalized spacial score (nSPS) is 11.0. The predicted octanol–water partition coefficient (Wildman–Crippen LogP) is 4.17. The van der Waals surface area contributed by atoms with E-state index in [2.05, 4.69) is 0 Å². The maximum Gasteiger partial charge on any atom is 0.176 e. The summed E-state index contributed by atoms with van der Waals surface area (Å²) in [6.07, 6.45) is 1.46. The number of furan rings is 1. The first-order chi connectivity index (χ1) is 10.7. The Bertz CT molecular complexity index is 792. The van der Waals surface area contributed by atoms with E-state index in [9.17, 15) is 4.39 Å². The summed E-state index contributed by atoms with van der Waals surface area (Å²) in [6, 6.07) is 12.1. The van der Waals surface area contributed by atoms with Gasteiger partial charge in [0.25, 0.3) is 0 Å². The molecule has 0 unspecified atom stereocenters. The number of fused-ring (bicyclic) bond motifs is 1. The van der Waals surface area contributed by atoms with Gasteiger partial charge in [-0.25, -0.2) is 4.39 Å². The lowest BCUT2D eigenvalue weighted by Crippen LogP contribution is -1.91. The summed E-state index contributed by atoms with van der Waals surface area (Å²) in [4.78, 5) is 0. The second kappa shape index (κ2) is 6.20. The first kappa shape index (κ1) is 14.6. The Morgan fingerprint density at radius 2 is 2.05 bits per heavy atom. The monoisotopic (exact) mass is 300 g/mol. The number of ether oxygens (including phenoxy) is 1. The maximum atomic E-state index is 13.4. The van der Waals surface area contributed by atoms with Crippen LogP contribution in [-0.4, -0.2) is 18.8 Å². The van der Waals surface area contributed by atoms with Crippen molar-refractivity contribution >= 4 is 11.0 Å². The molecule has 0 radical (unpaired) electrons. The fourth-order valence-corrected chi connectivity index (χ4v) is 2.54. The molecule has 0 fully saturated rings. The van der Waals surface area contributed by atoms with Crippen LogP contribution in [-0.2, 0) is 6.42 Å². The van der Waals surface area contributed by atoms with Crippen LogP contribution in [0.3, 0.4) is 0 Å². The molecule has 3 aromatic rings. The van der Waals surface area contributed by atoms with E-state index in [0.717, 1.165) is 17.4 Å². The number of methoxy groups -OCH3 is 1. The maximum absolute atomic E-state index is 13.4. The summed E-state index contributed by atoms with van der Waals surface area (Å²) >= 11 is 0. The highest BCUT2D eigenvalue weighted by atomic mass is 19.1. The lowest BCUT2D eigenvalue weighted by Gasteiger charge is -2.05. The van der Waals surface area contributed by atoms with Crippen LogP contribution >= 0.6 is 0 Å². The van der Waals surface area contributed by atoms with Crippen LogP contribution in [0.2, 0.25) is 0 Å². The van der Waals surface area contributed by atoms with Crippen molar-refractivity contribution < 1.29 is 18.7 Å². The van der Waals surface area contributed by atoms with E-state index in [1.165, 1.54) is 12.1 Å². The second-order valence-corrected chi connectivity index (χ2v) is 5.16. The molecule has 3 rings (SSSR count). The number of benzene rings is 2. The van der Waals surface area contributed by atoms with Crippen molar-refractivity contribution in [1.29, 1.82) is 0 Å². The van der Waals surface area contributed by atoms with Gasteiger partial charge in [0.1, 0.15) is 11.6 Å². The minimum atomic E-state index is -0.298. The molecule has 1 heterocycles. The minimum absolute atomic E-state index is 0.153. The molecular formula is C18H17FO3. The van der Waals surface area contributed by atoms with Crippen LogP contribution in [0.25, 0.3) is 22.3 Å². The summed E-state index contributed by atoms with van der Waals surface area (Å²) in [5.41, 5.74) is 2.41. The Morgan fingerprint density at radius 3 is 2.77 bits per heavy atom. The first-order valence-corrected chi connectivity index (χ1v) is 7.18. The zero-order chi connectivity index (χ0) is 15.5. The first-order valence-electron chi connectivity index (χ1n) is 7.18. The van der Waals surface area contributed by atoms with E-state index < -0.39 is 0 Å². The Kier molecular flexibility index (Phi) is 4.11. The number of aryl methyl sites for hydroxylation is 1. The largest absolute Gasteiger partial charge is 0.493 e. The second-order valence-electron chi connectivity index (χ2n) is 5.16. The van der Waals surface area contributed by atoms with Gasteiger partial charge in [-0.1, -0.05) is 12.1 Å². The number of halogens is 1. The van der Waals surface area contributed by atoms with Gasteiger partial charge in [0.2, 0.25) is 0 Å². The zero-order valence-electron chi connectivity index (χ0n) is 12.3. The average molecular weight is 300 g/mol. The summed E-state index contributed by atoms with van der Waals surface area (Å²) in [6.45, 7) is 0.153. The molecule has 0 aliphatic rings. The van der Waals surface area contributed by atoms with Crippen LogP contribution in [0, 0.1) is 5.82 Å². The summed E-state index contributed by atoms with van der Waals surface area (Å²) in [5, 5.41) is 9.87. The van der Waals surface area contributed by atoms with E-state index in [-0.39, 0.29) is 12.4 Å². The lowest BCUT2D eigenvalue weighted by molar-refractivity contribution is 0.288. The molecule has 3 nitrogen and oxygen atoms in total. The Hall–Kier alpha value is -2.33. The van der Waals surface area contributed by atoms with Crippen molar-refractivity contribution in [3.63, 3.8) is 0 Å². The van der Waals surface area contributed by atoms with Gasteiger partial charge in [-0.15, -0.1) is 0 Å². The number of hydrogen-bond acceptors (Lipinski definition) is 3. The molecule has 22 heavy (non-hydrogen) atoms. The van der Waals surface area contributed by atoms with E-state index in [0.29, 0.717) is 29.1 Å². The van der Waals surface area contributed by atoms with Crippen molar-refractivity contribution in [2.45, 2.75) is 12.8 Å². The van der Waals surface area contributed by atoms with Gasteiger partial charge in [-0.05, 0) is 48.7 Å². The standard InChI is InChI=1S/C18H17FO3/c1-21-17-9-12(4-3-7-20)8-14-11-16(22-18(14)17)13-5-2-6-15(19)10-13/h2,5-6,8-11,20H,3-4,7H2,1H3. The summed E-state index contributed by atoms with van der Waals surface area (Å²) < 4.78 is 24.6. The minimum Gasteiger partial charge on any atom is -0.493 e. The van der Waals surface area contributed by atoms with Crippen LogP contribution in [0.1, 0.15) is 12.0 Å². The fourth-order valence-electron chi connectivity index (χ4n) is 2.54. The molecule has 0 saturated carbocycles. The Labute approximate surface area is 127 Å². The van der Waals surface area contributed by atoms with Crippen molar-refractivity contribution in [3.05, 3.63) is 53.8 Å². The van der Waals surface area contributed by atoms with Crippen molar-refractivity contribution in [2.75, 3.05) is 13.7 Å². The van der Waals surface area contributed by atoms with Gasteiger partial charge in [-0.3, -0.25) is 0 Å². The van der Waals surface area contributed by atoms with E-state index in [4.69, 9.17) is 14.3 Å². The summed E-state index contributed by atoms with van der Waals surface area (Å²) in [7, 11) is 1.59. The molecule has 0 aliphatic heterocycles. The third kappa shape index (κ3) is 2.83. The van der Waals surface area contributed by atoms with Gasteiger partial charge in [0.15, 0.2) is 11.3 Å². The molecule has 0 amide bonds. The molecule has 0 aliphatic carbocycles. The van der Waals surface area contributed by atoms with Crippen molar-refractivity contribution in [2.24, 2.45) is 0 Å². The Morgan fingerprint density at radius 1 is 1.18 bits per heavy atom. The molecule has 1 N–H and O–H groups in total. The highest BCUT2D eigenvalue weighted by Crippen LogP contribution is 2.35. The van der Waals surface area contributed by atoms with Crippen LogP contribution in [0.4, 0.5) is 4.39 Å². The van der Waals surface area contributed by atoms with E-state index in [1.54, 1.807) is 19.2 Å². The predicted molar refractivity (Wildman–Crippen MR) is 83.6 cm³/mol. The Balaban J connectivity index is 2.08. The smallest absolute Gasteiger partial charge is 0.176 e. The van der Waals surface area contributed by atoms with Gasteiger partial charge in [-0.2, -0.15) is 0 Å². The molecule has 0 bridgehead atoms. The third-order valence-electron chi connectivity index (χ3n) is 3.59. The van der Waals surface area contributed by atoms with Crippen molar-refractivity contribution in [3.8, 4) is 17.1 Å². The number of rotatable bonds is 5. The van der Waals surface area contributed by atoms with E-state index in [1.807, 2.05) is 18.2 Å². The molecule has 0 spiro atoms. The number of aliphatic hydroxyl groups excluding tert-OH is 1. The van der Waals surface area contributed by atoms with Crippen LogP contribution in [0.5, 0.6) is 5.75 Å². The molecule has 1 aromatic heterocycles. The number of hydrogen-bond donors (Lipinski definition) is 1. The molecule has 4 heteroatoms. The average Bonchev–Trinajstić information content (AvgIpc) is 2.96. The molecular weight excluding hydrogens is 283 g/mol. The molecule has 2 aromatic carbocycles. The molecule has 0 saturated heterocycles. The number of aliphatic hydroxyl groups is 1. The quantitative estimate of drug-likeness (QED) is 0.769. The zero-order valence-corrected chi connectivity index (χ0v) is 12.3. The third-order valence-corrected chi connectivity index (χ3v) is 3.59. The molecule has 114 valence electrons. The van der Waals surface area contributed by atoms with Gasteiger partial charge < -0.3 is 14.3 Å². The van der Waals surface area contributed by atoms with E-state index >= 15 is 0 Å². The van der Waals surface area contributed by atoms with Gasteiger partial charge in [0, 0.05) is 17.6 Å². The SMILES string of the molecule is COc1cc(CCCO)cc2cc(-c3cccc(F)c3)oc12.